The molecule has 1 amide bonds. The summed E-state index contributed by atoms with van der Waals surface area (Å²) in [6.45, 7) is 2.10. The first kappa shape index (κ1) is 17.1. The second-order valence-electron chi connectivity index (χ2n) is 5.98. The molecule has 0 unspecified atom stereocenters. The van der Waals surface area contributed by atoms with Gasteiger partial charge in [-0.15, -0.1) is 0 Å². The lowest BCUT2D eigenvalue weighted by molar-refractivity contribution is -0.142. The van der Waals surface area contributed by atoms with Gasteiger partial charge in [0.15, 0.2) is 0 Å². The van der Waals surface area contributed by atoms with Crippen molar-refractivity contribution in [1.82, 2.24) is 9.21 Å². The van der Waals surface area contributed by atoms with E-state index in [1.807, 2.05) is 30.3 Å². The summed E-state index contributed by atoms with van der Waals surface area (Å²) in [7, 11) is -3.47. The zero-order valence-electron chi connectivity index (χ0n) is 13.5. The first-order valence-corrected chi connectivity index (χ1v) is 9.70. The van der Waals surface area contributed by atoms with Crippen molar-refractivity contribution in [2.45, 2.75) is 18.9 Å². The van der Waals surface area contributed by atoms with E-state index in [1.165, 1.54) is 9.71 Å². The van der Waals surface area contributed by atoms with Crippen LogP contribution in [0.25, 0.3) is 6.08 Å². The molecule has 24 heavy (non-hydrogen) atoms. The molecule has 2 fully saturated rings. The number of carbonyl (C=O) groups is 1. The standard InChI is InChI=1S/C17H22N2O4S/c20-17(16-7-4-13-23-16)18-9-11-19(12-10-18)24(21,22)14-8-15-5-2-1-3-6-15/h1-3,5-6,8,14,16H,4,7,9-13H2/b14-8+/t16-/m1/s1. The Morgan fingerprint density at radius 2 is 1.83 bits per heavy atom. The molecule has 0 bridgehead atoms. The highest BCUT2D eigenvalue weighted by molar-refractivity contribution is 7.92. The van der Waals surface area contributed by atoms with E-state index in [2.05, 4.69) is 0 Å². The summed E-state index contributed by atoms with van der Waals surface area (Å²) in [4.78, 5) is 14.0. The summed E-state index contributed by atoms with van der Waals surface area (Å²) in [5.74, 6) is -0.00984. The van der Waals surface area contributed by atoms with E-state index >= 15 is 0 Å². The van der Waals surface area contributed by atoms with Crippen LogP contribution in [0.4, 0.5) is 0 Å². The molecule has 0 spiro atoms. The van der Waals surface area contributed by atoms with Gasteiger partial charge in [-0.3, -0.25) is 4.79 Å². The van der Waals surface area contributed by atoms with Gasteiger partial charge >= 0.3 is 0 Å². The molecule has 6 nitrogen and oxygen atoms in total. The number of benzene rings is 1. The first-order chi connectivity index (χ1) is 11.6. The lowest BCUT2D eigenvalue weighted by Gasteiger charge is -2.34. The average molecular weight is 350 g/mol. The van der Waals surface area contributed by atoms with Crippen molar-refractivity contribution in [2.24, 2.45) is 0 Å². The number of hydrogen-bond acceptors (Lipinski definition) is 4. The molecule has 2 aliphatic rings. The molecule has 0 aromatic heterocycles. The van der Waals surface area contributed by atoms with Gasteiger partial charge in [0.1, 0.15) is 6.10 Å². The van der Waals surface area contributed by atoms with Gasteiger partial charge in [-0.2, -0.15) is 4.31 Å². The van der Waals surface area contributed by atoms with Gasteiger partial charge in [-0.05, 0) is 24.5 Å². The van der Waals surface area contributed by atoms with Crippen LogP contribution in [-0.2, 0) is 19.6 Å². The lowest BCUT2D eigenvalue weighted by Crippen LogP contribution is -2.52. The van der Waals surface area contributed by atoms with Gasteiger partial charge < -0.3 is 9.64 Å². The van der Waals surface area contributed by atoms with Crippen LogP contribution in [0.2, 0.25) is 0 Å². The van der Waals surface area contributed by atoms with Crippen LogP contribution in [0.3, 0.4) is 0 Å². The number of carbonyl (C=O) groups excluding carboxylic acids is 1. The fourth-order valence-electron chi connectivity index (χ4n) is 2.95. The summed E-state index contributed by atoms with van der Waals surface area (Å²) >= 11 is 0. The van der Waals surface area contributed by atoms with E-state index in [1.54, 1.807) is 11.0 Å². The largest absolute Gasteiger partial charge is 0.368 e. The van der Waals surface area contributed by atoms with Gasteiger partial charge in [-0.1, -0.05) is 30.3 Å². The zero-order chi connectivity index (χ0) is 17.0. The quantitative estimate of drug-likeness (QED) is 0.821. The maximum atomic E-state index is 12.4. The normalized spacial score (nSPS) is 23.0. The summed E-state index contributed by atoms with van der Waals surface area (Å²) in [6.07, 6.45) is 2.93. The fourth-order valence-corrected chi connectivity index (χ4v) is 4.13. The molecule has 1 aromatic rings. The maximum Gasteiger partial charge on any atom is 0.251 e. The minimum absolute atomic E-state index is 0.00984. The van der Waals surface area contributed by atoms with Crippen molar-refractivity contribution in [3.05, 3.63) is 41.3 Å². The zero-order valence-corrected chi connectivity index (χ0v) is 14.3. The molecular formula is C17H22N2O4S. The third-order valence-electron chi connectivity index (χ3n) is 4.35. The molecular weight excluding hydrogens is 328 g/mol. The molecule has 2 heterocycles. The number of piperazine rings is 1. The second-order valence-corrected chi connectivity index (χ2v) is 7.80. The molecule has 0 saturated carbocycles. The summed E-state index contributed by atoms with van der Waals surface area (Å²) < 4.78 is 31.6. The molecule has 1 atom stereocenters. The minimum atomic E-state index is -3.47. The van der Waals surface area contributed by atoms with Crippen LogP contribution in [-0.4, -0.2) is 62.4 Å². The molecule has 0 radical (unpaired) electrons. The predicted octanol–water partition coefficient (Wildman–Crippen LogP) is 1.31. The van der Waals surface area contributed by atoms with Crippen LogP contribution in [0, 0.1) is 0 Å². The van der Waals surface area contributed by atoms with Crippen LogP contribution >= 0.6 is 0 Å². The number of hydrogen-bond donors (Lipinski definition) is 0. The Balaban J connectivity index is 1.57. The molecule has 130 valence electrons. The third kappa shape index (κ3) is 4.03. The molecule has 7 heteroatoms. The predicted molar refractivity (Wildman–Crippen MR) is 91.5 cm³/mol. The molecule has 1 aromatic carbocycles. The van der Waals surface area contributed by atoms with Crippen LogP contribution in [0.1, 0.15) is 18.4 Å². The van der Waals surface area contributed by atoms with Gasteiger partial charge in [-0.25, -0.2) is 8.42 Å². The van der Waals surface area contributed by atoms with Crippen molar-refractivity contribution >= 4 is 22.0 Å². The van der Waals surface area contributed by atoms with Crippen molar-refractivity contribution in [3.8, 4) is 0 Å². The molecule has 0 aliphatic carbocycles. The minimum Gasteiger partial charge on any atom is -0.368 e. The highest BCUT2D eigenvalue weighted by Crippen LogP contribution is 2.17. The van der Waals surface area contributed by atoms with Gasteiger partial charge in [0.25, 0.3) is 5.91 Å². The monoisotopic (exact) mass is 350 g/mol. The Morgan fingerprint density at radius 1 is 1.12 bits per heavy atom. The Hall–Kier alpha value is -1.70. The van der Waals surface area contributed by atoms with E-state index in [4.69, 9.17) is 4.74 Å². The van der Waals surface area contributed by atoms with Crippen LogP contribution in [0.5, 0.6) is 0 Å². The van der Waals surface area contributed by atoms with E-state index in [9.17, 15) is 13.2 Å². The Labute approximate surface area is 142 Å². The highest BCUT2D eigenvalue weighted by atomic mass is 32.2. The topological polar surface area (TPSA) is 66.9 Å². The fraction of sp³-hybridized carbons (Fsp3) is 0.471. The smallest absolute Gasteiger partial charge is 0.251 e. The summed E-state index contributed by atoms with van der Waals surface area (Å²) in [6, 6.07) is 9.31. The van der Waals surface area contributed by atoms with Gasteiger partial charge in [0, 0.05) is 38.2 Å². The number of rotatable bonds is 4. The van der Waals surface area contributed by atoms with Gasteiger partial charge in [0.05, 0.1) is 0 Å². The van der Waals surface area contributed by atoms with Crippen LogP contribution in [0.15, 0.2) is 35.7 Å². The number of amides is 1. The number of sulfonamides is 1. The van der Waals surface area contributed by atoms with Crippen LogP contribution < -0.4 is 0 Å². The second kappa shape index (κ2) is 7.46. The highest BCUT2D eigenvalue weighted by Gasteiger charge is 2.32. The van der Waals surface area contributed by atoms with Crippen molar-refractivity contribution in [1.29, 1.82) is 0 Å². The summed E-state index contributed by atoms with van der Waals surface area (Å²) in [5.41, 5.74) is 0.841. The van der Waals surface area contributed by atoms with Gasteiger partial charge in [0.2, 0.25) is 10.0 Å². The van der Waals surface area contributed by atoms with E-state index < -0.39 is 10.0 Å². The molecule has 2 saturated heterocycles. The molecule has 3 rings (SSSR count). The van der Waals surface area contributed by atoms with E-state index in [0.29, 0.717) is 32.8 Å². The van der Waals surface area contributed by atoms with Crippen molar-refractivity contribution in [3.63, 3.8) is 0 Å². The Morgan fingerprint density at radius 3 is 2.46 bits per heavy atom. The maximum absolute atomic E-state index is 12.4. The lowest BCUT2D eigenvalue weighted by atomic mass is 10.2. The third-order valence-corrected chi connectivity index (χ3v) is 5.91. The number of nitrogens with zero attached hydrogens (tertiary/aromatic N) is 2. The average Bonchev–Trinajstić information content (AvgIpc) is 3.15. The van der Waals surface area contributed by atoms with E-state index in [0.717, 1.165) is 18.4 Å². The summed E-state index contributed by atoms with van der Waals surface area (Å²) in [5, 5.41) is 1.24. The number of ether oxygens (including phenoxy) is 1. The first-order valence-electron chi connectivity index (χ1n) is 8.20. The molecule has 2 aliphatic heterocycles. The van der Waals surface area contributed by atoms with Crippen molar-refractivity contribution in [2.75, 3.05) is 32.8 Å². The van der Waals surface area contributed by atoms with E-state index in [-0.39, 0.29) is 12.0 Å². The Kier molecular flexibility index (Phi) is 5.33. The Bertz CT molecular complexity index is 689. The SMILES string of the molecule is O=C([C@H]1CCCO1)N1CCN(S(=O)(=O)/C=C/c2ccccc2)CC1. The molecule has 0 N–H and O–H groups in total. The van der Waals surface area contributed by atoms with Crippen molar-refractivity contribution < 1.29 is 17.9 Å².